The normalized spacial score (nSPS) is 11.0. The van der Waals surface area contributed by atoms with E-state index in [1.807, 2.05) is 77.5 Å². The maximum Gasteiger partial charge on any atom is 0.337 e. The fourth-order valence-corrected chi connectivity index (χ4v) is 3.37. The van der Waals surface area contributed by atoms with Gasteiger partial charge in [0, 0.05) is 28.9 Å². The minimum Gasteiger partial charge on any atom is -0.465 e. The van der Waals surface area contributed by atoms with Gasteiger partial charge in [0.05, 0.1) is 18.2 Å². The van der Waals surface area contributed by atoms with Crippen molar-refractivity contribution in [1.29, 1.82) is 0 Å². The average Bonchev–Trinajstić information content (AvgIpc) is 3.20. The highest BCUT2D eigenvalue weighted by Crippen LogP contribution is 2.27. The highest BCUT2D eigenvalue weighted by Gasteiger charge is 2.13. The quantitative estimate of drug-likeness (QED) is 0.324. The average molecular weight is 411 g/mol. The summed E-state index contributed by atoms with van der Waals surface area (Å²) >= 11 is 0. The van der Waals surface area contributed by atoms with Crippen LogP contribution in [0.1, 0.15) is 21.5 Å². The van der Waals surface area contributed by atoms with Crippen molar-refractivity contribution in [1.82, 2.24) is 4.57 Å². The zero-order valence-electron chi connectivity index (χ0n) is 17.0. The second kappa shape index (κ2) is 9.13. The van der Waals surface area contributed by atoms with Gasteiger partial charge in [-0.1, -0.05) is 48.5 Å². The fourth-order valence-electron chi connectivity index (χ4n) is 3.37. The Labute approximate surface area is 180 Å². The van der Waals surface area contributed by atoms with Gasteiger partial charge in [-0.25, -0.2) is 9.59 Å². The molecular weight excluding hydrogens is 390 g/mol. The van der Waals surface area contributed by atoms with Crippen LogP contribution >= 0.6 is 0 Å². The van der Waals surface area contributed by atoms with Crippen molar-refractivity contribution in [2.45, 2.75) is 6.61 Å². The lowest BCUT2D eigenvalue weighted by Crippen LogP contribution is -2.01. The highest BCUT2D eigenvalue weighted by atomic mass is 16.5. The molecule has 0 saturated heterocycles. The third-order valence-corrected chi connectivity index (χ3v) is 4.91. The van der Waals surface area contributed by atoms with Crippen LogP contribution in [0.25, 0.3) is 22.7 Å². The zero-order chi connectivity index (χ0) is 21.6. The number of carbonyl (C=O) groups is 2. The van der Waals surface area contributed by atoms with E-state index in [9.17, 15) is 9.59 Å². The molecule has 0 bridgehead atoms. The summed E-state index contributed by atoms with van der Waals surface area (Å²) < 4.78 is 12.2. The van der Waals surface area contributed by atoms with E-state index in [1.165, 1.54) is 13.2 Å². The van der Waals surface area contributed by atoms with Crippen molar-refractivity contribution >= 4 is 28.9 Å². The van der Waals surface area contributed by atoms with Crippen LogP contribution in [-0.2, 0) is 20.9 Å². The van der Waals surface area contributed by atoms with Crippen LogP contribution in [0.5, 0.6) is 0 Å². The van der Waals surface area contributed by atoms with Crippen LogP contribution in [0, 0.1) is 0 Å². The van der Waals surface area contributed by atoms with E-state index in [1.54, 1.807) is 18.2 Å². The van der Waals surface area contributed by atoms with E-state index in [0.29, 0.717) is 5.56 Å². The first-order valence-corrected chi connectivity index (χ1v) is 9.83. The van der Waals surface area contributed by atoms with Crippen LogP contribution < -0.4 is 0 Å². The molecule has 0 saturated carbocycles. The Hall–Kier alpha value is -4.12. The number of aromatic nitrogens is 1. The second-order valence-corrected chi connectivity index (χ2v) is 6.94. The number of hydrogen-bond donors (Lipinski definition) is 0. The van der Waals surface area contributed by atoms with Gasteiger partial charge in [-0.2, -0.15) is 0 Å². The summed E-state index contributed by atoms with van der Waals surface area (Å²) in [6.45, 7) is 0.211. The van der Waals surface area contributed by atoms with E-state index in [0.717, 1.165) is 27.7 Å². The number of esters is 2. The number of methoxy groups -OCH3 is 1. The molecule has 1 aromatic heterocycles. The van der Waals surface area contributed by atoms with Crippen molar-refractivity contribution in [2.75, 3.05) is 7.11 Å². The van der Waals surface area contributed by atoms with E-state index >= 15 is 0 Å². The molecule has 5 nitrogen and oxygen atoms in total. The Morgan fingerprint density at radius 1 is 0.935 bits per heavy atom. The SMILES string of the molecule is COC(=O)c1ccc2c(c1)c(/C=C/C(=O)OCc1ccccc1)cn2-c1ccccc1. The molecule has 1 heterocycles. The molecule has 0 aliphatic heterocycles. The number of fused-ring (bicyclic) bond motifs is 1. The van der Waals surface area contributed by atoms with E-state index in [2.05, 4.69) is 0 Å². The van der Waals surface area contributed by atoms with E-state index < -0.39 is 11.9 Å². The molecule has 0 aliphatic carbocycles. The lowest BCUT2D eigenvalue weighted by atomic mass is 10.1. The molecule has 4 aromatic rings. The van der Waals surface area contributed by atoms with E-state index in [4.69, 9.17) is 9.47 Å². The summed E-state index contributed by atoms with van der Waals surface area (Å²) in [5.74, 6) is -0.847. The lowest BCUT2D eigenvalue weighted by molar-refractivity contribution is -0.138. The Morgan fingerprint density at radius 3 is 2.35 bits per heavy atom. The van der Waals surface area contributed by atoms with Gasteiger partial charge < -0.3 is 14.0 Å². The van der Waals surface area contributed by atoms with Crippen molar-refractivity contribution in [3.05, 3.63) is 108 Å². The van der Waals surface area contributed by atoms with Crippen LogP contribution in [0.3, 0.4) is 0 Å². The largest absolute Gasteiger partial charge is 0.465 e. The third-order valence-electron chi connectivity index (χ3n) is 4.91. The molecule has 0 amide bonds. The lowest BCUT2D eigenvalue weighted by Gasteiger charge is -2.05. The number of ether oxygens (including phenoxy) is 2. The van der Waals surface area contributed by atoms with Gasteiger partial charge >= 0.3 is 11.9 Å². The number of benzene rings is 3. The van der Waals surface area contributed by atoms with E-state index in [-0.39, 0.29) is 6.61 Å². The monoisotopic (exact) mass is 411 g/mol. The Kier molecular flexibility index (Phi) is 5.94. The van der Waals surface area contributed by atoms with Gasteiger partial charge in [-0.15, -0.1) is 0 Å². The minimum absolute atomic E-state index is 0.211. The Bertz CT molecular complexity index is 1240. The molecule has 4 rings (SSSR count). The molecule has 5 heteroatoms. The van der Waals surface area contributed by atoms with Gasteiger partial charge in [-0.05, 0) is 42.0 Å². The molecule has 31 heavy (non-hydrogen) atoms. The van der Waals surface area contributed by atoms with Crippen molar-refractivity contribution in [2.24, 2.45) is 0 Å². The predicted octanol–water partition coefficient (Wildman–Crippen LogP) is 5.17. The Morgan fingerprint density at radius 2 is 1.65 bits per heavy atom. The molecule has 154 valence electrons. The molecule has 0 N–H and O–H groups in total. The number of hydrogen-bond acceptors (Lipinski definition) is 4. The first-order chi connectivity index (χ1) is 15.2. The van der Waals surface area contributed by atoms with Crippen LogP contribution in [0.4, 0.5) is 0 Å². The van der Waals surface area contributed by atoms with Crippen LogP contribution in [0.15, 0.2) is 91.1 Å². The maximum absolute atomic E-state index is 12.2. The first kappa shape index (κ1) is 20.2. The topological polar surface area (TPSA) is 57.5 Å². The van der Waals surface area contributed by atoms with Gasteiger partial charge in [0.1, 0.15) is 6.61 Å². The molecule has 0 fully saturated rings. The molecule has 3 aromatic carbocycles. The summed E-state index contributed by atoms with van der Waals surface area (Å²) in [7, 11) is 1.35. The standard InChI is InChI=1S/C26H21NO4/c1-30-26(29)20-12-14-24-23(16-20)21(17-27(24)22-10-6-3-7-11-22)13-15-25(28)31-18-19-8-4-2-5-9-19/h2-17H,18H2,1H3/b15-13+. The van der Waals surface area contributed by atoms with Crippen LogP contribution in [0.2, 0.25) is 0 Å². The molecule has 0 spiro atoms. The number of nitrogens with zero attached hydrogens (tertiary/aromatic N) is 1. The Balaban J connectivity index is 1.66. The molecule has 0 aliphatic rings. The van der Waals surface area contributed by atoms with Crippen LogP contribution in [-0.4, -0.2) is 23.6 Å². The van der Waals surface area contributed by atoms with Crippen molar-refractivity contribution in [3.63, 3.8) is 0 Å². The summed E-state index contributed by atoms with van der Waals surface area (Å²) in [5, 5.41) is 0.832. The third kappa shape index (κ3) is 4.56. The number of para-hydroxylation sites is 1. The molecule has 0 atom stereocenters. The predicted molar refractivity (Wildman–Crippen MR) is 120 cm³/mol. The summed E-state index contributed by atoms with van der Waals surface area (Å²) in [6, 6.07) is 24.8. The van der Waals surface area contributed by atoms with Gasteiger partial charge in [0.25, 0.3) is 0 Å². The number of rotatable bonds is 6. The van der Waals surface area contributed by atoms with Gasteiger partial charge in [0.2, 0.25) is 0 Å². The first-order valence-electron chi connectivity index (χ1n) is 9.83. The fraction of sp³-hybridized carbons (Fsp3) is 0.0769. The molecular formula is C26H21NO4. The maximum atomic E-state index is 12.2. The van der Waals surface area contributed by atoms with Gasteiger partial charge in [0.15, 0.2) is 0 Å². The summed E-state index contributed by atoms with van der Waals surface area (Å²) in [6.07, 6.45) is 5.04. The smallest absolute Gasteiger partial charge is 0.337 e. The number of carbonyl (C=O) groups excluding carboxylic acids is 2. The van der Waals surface area contributed by atoms with Crippen molar-refractivity contribution < 1.29 is 19.1 Å². The molecule has 0 radical (unpaired) electrons. The molecule has 0 unspecified atom stereocenters. The minimum atomic E-state index is -0.436. The van der Waals surface area contributed by atoms with Gasteiger partial charge in [-0.3, -0.25) is 0 Å². The summed E-state index contributed by atoms with van der Waals surface area (Å²) in [5.41, 5.74) is 4.05. The second-order valence-electron chi connectivity index (χ2n) is 6.94. The van der Waals surface area contributed by atoms with Crippen molar-refractivity contribution in [3.8, 4) is 5.69 Å². The zero-order valence-corrected chi connectivity index (χ0v) is 17.0. The highest BCUT2D eigenvalue weighted by molar-refractivity contribution is 5.99. The summed E-state index contributed by atoms with van der Waals surface area (Å²) in [4.78, 5) is 24.2.